The van der Waals surface area contributed by atoms with Crippen LogP contribution >= 0.6 is 0 Å². The quantitative estimate of drug-likeness (QED) is 0.353. The Balaban J connectivity index is 3.20. The van der Waals surface area contributed by atoms with E-state index in [1.807, 2.05) is 0 Å². The summed E-state index contributed by atoms with van der Waals surface area (Å²) in [6, 6.07) is 0. The number of amides is 1. The predicted molar refractivity (Wildman–Crippen MR) is 15.0 cm³/mol. The predicted octanol–water partition coefficient (Wildman–Crippen LogP) is -1.36. The lowest BCUT2D eigenvalue weighted by atomic mass is 10.8. The molecule has 0 radical (unpaired) electrons. The normalized spacial score (nSPS) is 6.60. The third-order valence-electron chi connectivity index (χ3n) is 0.157. The molecule has 0 aliphatic rings. The van der Waals surface area contributed by atoms with Crippen molar-refractivity contribution in [2.75, 3.05) is 0 Å². The summed E-state index contributed by atoms with van der Waals surface area (Å²) in [5.74, 6) is -0.440. The van der Waals surface area contributed by atoms with E-state index in [9.17, 15) is 4.79 Å². The Hall–Kier alpha value is -0.730. The number of carbonyl (C=O) groups excluding carboxylic acids is 1. The Kier molecular flexibility index (Phi) is 1.35. The minimum atomic E-state index is -0.440. The summed E-state index contributed by atoms with van der Waals surface area (Å²) in [6.45, 7) is 1.22. The van der Waals surface area contributed by atoms with E-state index in [0.29, 0.717) is 0 Å². The van der Waals surface area contributed by atoms with Gasteiger partial charge >= 0.3 is 5.91 Å². The molecule has 0 saturated carbocycles. The highest BCUT2D eigenvalue weighted by molar-refractivity contribution is 5.60. The van der Waals surface area contributed by atoms with E-state index < -0.39 is 5.91 Å². The van der Waals surface area contributed by atoms with E-state index in [1.54, 1.807) is 0 Å². The van der Waals surface area contributed by atoms with Crippen LogP contribution in [0.1, 0.15) is 6.92 Å². The minimum absolute atomic E-state index is 0.440. The van der Waals surface area contributed by atoms with Gasteiger partial charge in [0.1, 0.15) is 0 Å². The third kappa shape index (κ3) is 3.27. The maximum Gasteiger partial charge on any atom is 0.371 e. The Morgan fingerprint density at radius 1 is 2.00 bits per heavy atom. The first-order chi connectivity index (χ1) is 2.27. The molecule has 1 amide bonds. The summed E-state index contributed by atoms with van der Waals surface area (Å²) in [6.07, 6.45) is 0. The van der Waals surface area contributed by atoms with E-state index in [1.165, 1.54) is 12.0 Å². The van der Waals surface area contributed by atoms with E-state index in [-0.39, 0.29) is 0 Å². The molecule has 0 unspecified atom stereocenters. The fourth-order valence-corrected chi connectivity index (χ4v) is 0. The Morgan fingerprint density at radius 2 is 2.20 bits per heavy atom. The topological polar surface area (TPSA) is 53.3 Å². The molecular formula is C2H4N2O. The molecule has 3 nitrogen and oxygen atoms in total. The van der Waals surface area contributed by atoms with Crippen molar-refractivity contribution < 1.29 is 9.91 Å². The molecule has 0 aromatic carbocycles. The van der Waals surface area contributed by atoms with Crippen molar-refractivity contribution in [1.29, 1.82) is 0 Å². The molecule has 0 spiro atoms. The van der Waals surface area contributed by atoms with Gasteiger partial charge in [-0.05, 0) is 0 Å². The number of nitrogens with zero attached hydrogens (tertiary/aromatic N) is 1. The molecule has 0 aromatic rings. The monoisotopic (exact) mass is 72.0 g/mol. The summed E-state index contributed by atoms with van der Waals surface area (Å²) >= 11 is 0. The number of carbonyl (C=O) groups is 1. The fraction of sp³-hybridized carbons (Fsp3) is 0.500. The van der Waals surface area contributed by atoms with Gasteiger partial charge in [0.05, 0.1) is 6.92 Å². The van der Waals surface area contributed by atoms with Crippen molar-refractivity contribution in [3.63, 3.8) is 0 Å². The van der Waals surface area contributed by atoms with Crippen LogP contribution in [0.15, 0.2) is 0 Å². The van der Waals surface area contributed by atoms with Crippen LogP contribution in [0.25, 0.3) is 5.53 Å². The van der Waals surface area contributed by atoms with Gasteiger partial charge in [-0.3, -0.25) is 5.11 Å². The Morgan fingerprint density at radius 3 is 2.20 bits per heavy atom. The smallest absolute Gasteiger partial charge is 0.371 e. The van der Waals surface area contributed by atoms with Crippen LogP contribution in [0.2, 0.25) is 0 Å². The van der Waals surface area contributed by atoms with Crippen molar-refractivity contribution in [2.24, 2.45) is 0 Å². The molecule has 5 heavy (non-hydrogen) atoms. The van der Waals surface area contributed by atoms with Gasteiger partial charge in [-0.2, -0.15) is 0 Å². The molecule has 1 N–H and O–H groups in total. The van der Waals surface area contributed by atoms with Gasteiger partial charge in [0.25, 0.3) is 0 Å². The first-order valence-corrected chi connectivity index (χ1v) is 1.18. The van der Waals surface area contributed by atoms with Crippen molar-refractivity contribution in [3.8, 4) is 0 Å². The Labute approximate surface area is 29.5 Å². The number of hydrogen-bond donors (Lipinski definition) is 1. The number of hydrogen-bond acceptors (Lipinski definition) is 1. The van der Waals surface area contributed by atoms with Gasteiger partial charge in [0.15, 0.2) is 0 Å². The highest BCUT2D eigenvalue weighted by atomic mass is 16.1. The average molecular weight is 72.1 g/mol. The van der Waals surface area contributed by atoms with Gasteiger partial charge < -0.3 is 5.53 Å². The highest BCUT2D eigenvalue weighted by Crippen LogP contribution is 1.30. The van der Waals surface area contributed by atoms with Gasteiger partial charge in [-0.15, -0.1) is 0 Å². The van der Waals surface area contributed by atoms with Crippen LogP contribution in [0.5, 0.6) is 0 Å². The summed E-state index contributed by atoms with van der Waals surface area (Å²) in [4.78, 5) is 9.45. The molecule has 0 aliphatic carbocycles. The first kappa shape index (κ1) is 4.27. The highest BCUT2D eigenvalue weighted by Gasteiger charge is 1.76. The minimum Gasteiger partial charge on any atom is -0.499 e. The van der Waals surface area contributed by atoms with Gasteiger partial charge in [0.2, 0.25) is 0 Å². The van der Waals surface area contributed by atoms with Crippen LogP contribution in [-0.2, 0) is 4.79 Å². The molecule has 0 bridgehead atoms. The van der Waals surface area contributed by atoms with Crippen LogP contribution in [0.3, 0.4) is 0 Å². The molecule has 0 fully saturated rings. The summed E-state index contributed by atoms with van der Waals surface area (Å²) in [7, 11) is 0. The van der Waals surface area contributed by atoms with Crippen LogP contribution in [0.4, 0.5) is 0 Å². The third-order valence-corrected chi connectivity index (χ3v) is 0.157. The standard InChI is InChI=1S/C2H4N2O/c1-2(5)4-3/h4H,1H3. The van der Waals surface area contributed by atoms with E-state index >= 15 is 0 Å². The maximum atomic E-state index is 9.45. The van der Waals surface area contributed by atoms with Crippen LogP contribution in [0, 0.1) is 0 Å². The van der Waals surface area contributed by atoms with Crippen molar-refractivity contribution in [1.82, 2.24) is 0 Å². The molecule has 0 saturated heterocycles. The molecule has 0 atom stereocenters. The molecule has 28 valence electrons. The zero-order valence-electron chi connectivity index (χ0n) is 2.86. The van der Waals surface area contributed by atoms with Gasteiger partial charge in [-0.1, -0.05) is 0 Å². The first-order valence-electron chi connectivity index (χ1n) is 1.18. The summed E-state index contributed by atoms with van der Waals surface area (Å²) in [5.41, 5.74) is 7.54. The summed E-state index contributed by atoms with van der Waals surface area (Å²) in [5, 5.41) is 1.39. The molecule has 0 aliphatic heterocycles. The van der Waals surface area contributed by atoms with E-state index in [2.05, 4.69) is 0 Å². The molecule has 0 rings (SSSR count). The molecule has 0 heterocycles. The Bertz CT molecular complexity index is 58.7. The number of rotatable bonds is 0. The zero-order valence-corrected chi connectivity index (χ0v) is 2.86. The van der Waals surface area contributed by atoms with Crippen molar-refractivity contribution in [3.05, 3.63) is 5.53 Å². The SMILES string of the molecule is CC(=O)[NH+]=[N-]. The van der Waals surface area contributed by atoms with E-state index in [0.717, 1.165) is 0 Å². The lowest BCUT2D eigenvalue weighted by Crippen LogP contribution is -2.66. The van der Waals surface area contributed by atoms with E-state index in [4.69, 9.17) is 5.53 Å². The number of nitrogens with one attached hydrogen (secondary N) is 1. The second-order valence-electron chi connectivity index (χ2n) is 0.668. The molecular weight excluding hydrogens is 68.0 g/mol. The maximum absolute atomic E-state index is 9.45. The molecule has 3 heteroatoms. The summed E-state index contributed by atoms with van der Waals surface area (Å²) < 4.78 is 0. The van der Waals surface area contributed by atoms with Crippen LogP contribution < -0.4 is 5.11 Å². The lowest BCUT2D eigenvalue weighted by Gasteiger charge is -1.64. The molecule has 0 aromatic heterocycles. The van der Waals surface area contributed by atoms with Gasteiger partial charge in [-0.25, -0.2) is 4.79 Å². The van der Waals surface area contributed by atoms with Gasteiger partial charge in [0, 0.05) is 0 Å². The second-order valence-corrected chi connectivity index (χ2v) is 0.668. The van der Waals surface area contributed by atoms with Crippen molar-refractivity contribution >= 4 is 5.91 Å². The van der Waals surface area contributed by atoms with Crippen LogP contribution in [-0.4, -0.2) is 5.91 Å². The largest absolute Gasteiger partial charge is 0.499 e. The zero-order chi connectivity index (χ0) is 4.28. The average Bonchev–Trinajstić information content (AvgIpc) is 1.38. The van der Waals surface area contributed by atoms with Crippen molar-refractivity contribution in [2.45, 2.75) is 6.92 Å². The lowest BCUT2D eigenvalue weighted by molar-refractivity contribution is -0.396. The second kappa shape index (κ2) is 1.58. The fourth-order valence-electron chi connectivity index (χ4n) is 0.